The number of benzene rings is 2. The molecule has 2 aromatic carbocycles. The zero-order valence-electron chi connectivity index (χ0n) is 17.7. The second-order valence-corrected chi connectivity index (χ2v) is 8.73. The molecule has 0 aliphatic carbocycles. The monoisotopic (exact) mass is 433 g/mol. The number of hydrogen-bond acceptors (Lipinski definition) is 3. The number of carboxylic acids is 1. The van der Waals surface area contributed by atoms with Gasteiger partial charge in [-0.3, -0.25) is 14.2 Å². The average Bonchev–Trinajstić information content (AvgIpc) is 2.93. The summed E-state index contributed by atoms with van der Waals surface area (Å²) >= 11 is 0. The number of nitrogens with zero attached hydrogens (tertiary/aromatic N) is 1. The minimum absolute atomic E-state index is 0.00857. The van der Waals surface area contributed by atoms with E-state index >= 15 is 0 Å². The molecule has 0 saturated carbocycles. The molecule has 0 unspecified atom stereocenters. The predicted octanol–water partition coefficient (Wildman–Crippen LogP) is 5.15. The molecule has 164 valence electrons. The number of aliphatic carboxylic acids is 1. The molecule has 2 N–H and O–H groups in total. The van der Waals surface area contributed by atoms with Crippen molar-refractivity contribution in [2.45, 2.75) is 40.0 Å². The summed E-state index contributed by atoms with van der Waals surface area (Å²) in [6, 6.07) is 4.61. The van der Waals surface area contributed by atoms with Crippen LogP contribution in [0.2, 0.25) is 0 Å². The Hall–Kier alpha value is -3.29. The van der Waals surface area contributed by atoms with Crippen LogP contribution in [0.3, 0.4) is 0 Å². The van der Waals surface area contributed by atoms with Crippen molar-refractivity contribution in [2.24, 2.45) is 5.41 Å². The molecular weight excluding hydrogens is 411 g/mol. The fourth-order valence-electron chi connectivity index (χ4n) is 3.88. The van der Waals surface area contributed by atoms with Gasteiger partial charge in [0.15, 0.2) is 23.2 Å². The van der Waals surface area contributed by atoms with Crippen molar-refractivity contribution < 1.29 is 33.0 Å². The summed E-state index contributed by atoms with van der Waals surface area (Å²) in [5, 5.41) is 20.3. The van der Waals surface area contributed by atoms with Gasteiger partial charge in [-0.05, 0) is 49.1 Å². The molecule has 31 heavy (non-hydrogen) atoms. The Kier molecular flexibility index (Phi) is 5.16. The number of rotatable bonds is 3. The lowest BCUT2D eigenvalue weighted by atomic mass is 9.63. The molecular formula is C23H22F3NO4. The van der Waals surface area contributed by atoms with Crippen molar-refractivity contribution in [3.05, 3.63) is 64.6 Å². The third kappa shape index (κ3) is 3.26. The second kappa shape index (κ2) is 7.14. The van der Waals surface area contributed by atoms with Gasteiger partial charge in [0.1, 0.15) is 0 Å². The molecule has 0 bridgehead atoms. The number of carboxylic acid groups (broad SMARTS) is 1. The molecule has 0 radical (unpaired) electrons. The molecule has 0 fully saturated rings. The minimum atomic E-state index is -1.54. The van der Waals surface area contributed by atoms with Crippen LogP contribution in [-0.4, -0.2) is 26.7 Å². The Morgan fingerprint density at radius 2 is 1.55 bits per heavy atom. The second-order valence-electron chi connectivity index (χ2n) is 8.73. The summed E-state index contributed by atoms with van der Waals surface area (Å²) in [7, 11) is 0. The van der Waals surface area contributed by atoms with Crippen molar-refractivity contribution in [1.29, 1.82) is 0 Å². The zero-order chi connectivity index (χ0) is 23.5. The number of aromatic nitrogens is 1. The standard InChI is InChI=1S/C23H22F3NO4/c1-11-19(23(5,21(30)31)22(2,3)4)13-9-18(28)16(26)10-17(13)27(11)20(29)12-6-7-14(24)15(25)8-12/h6-10,28H,1-5H3,(H,30,31)/t23-/m1/s1. The Morgan fingerprint density at radius 3 is 2.06 bits per heavy atom. The van der Waals surface area contributed by atoms with Crippen molar-refractivity contribution in [3.63, 3.8) is 0 Å². The molecule has 1 heterocycles. The van der Waals surface area contributed by atoms with Crippen molar-refractivity contribution in [3.8, 4) is 5.75 Å². The van der Waals surface area contributed by atoms with Gasteiger partial charge in [0, 0.05) is 22.7 Å². The van der Waals surface area contributed by atoms with Gasteiger partial charge in [0.05, 0.1) is 10.9 Å². The van der Waals surface area contributed by atoms with Crippen molar-refractivity contribution in [1.82, 2.24) is 4.57 Å². The van der Waals surface area contributed by atoms with Crippen LogP contribution in [0.25, 0.3) is 10.9 Å². The van der Waals surface area contributed by atoms with E-state index in [2.05, 4.69) is 0 Å². The molecule has 0 saturated heterocycles. The lowest BCUT2D eigenvalue weighted by molar-refractivity contribution is -0.147. The lowest BCUT2D eigenvalue weighted by Gasteiger charge is -2.39. The van der Waals surface area contributed by atoms with E-state index in [1.165, 1.54) is 13.8 Å². The molecule has 3 aromatic rings. The molecule has 8 heteroatoms. The van der Waals surface area contributed by atoms with Gasteiger partial charge in [-0.2, -0.15) is 0 Å². The molecule has 0 aliphatic heterocycles. The molecule has 3 rings (SSSR count). The van der Waals surface area contributed by atoms with Gasteiger partial charge < -0.3 is 10.2 Å². The first-order chi connectivity index (χ1) is 14.2. The largest absolute Gasteiger partial charge is 0.505 e. The maximum absolute atomic E-state index is 14.2. The third-order valence-corrected chi connectivity index (χ3v) is 6.07. The fraction of sp³-hybridized carbons (Fsp3) is 0.304. The maximum atomic E-state index is 14.2. The van der Waals surface area contributed by atoms with E-state index in [1.54, 1.807) is 20.8 Å². The van der Waals surface area contributed by atoms with Crippen LogP contribution in [0, 0.1) is 29.8 Å². The molecule has 0 aliphatic rings. The highest BCUT2D eigenvalue weighted by Crippen LogP contribution is 2.47. The van der Waals surface area contributed by atoms with Crippen molar-refractivity contribution >= 4 is 22.8 Å². The highest BCUT2D eigenvalue weighted by molar-refractivity contribution is 6.06. The van der Waals surface area contributed by atoms with E-state index in [4.69, 9.17) is 0 Å². The molecule has 1 aromatic heterocycles. The number of carbonyl (C=O) groups excluding carboxylic acids is 1. The van der Waals surface area contributed by atoms with E-state index in [0.717, 1.165) is 34.9 Å². The lowest BCUT2D eigenvalue weighted by Crippen LogP contribution is -2.45. The topological polar surface area (TPSA) is 79.5 Å². The Morgan fingerprint density at radius 1 is 0.935 bits per heavy atom. The molecule has 0 spiro atoms. The fourth-order valence-corrected chi connectivity index (χ4v) is 3.88. The number of hydrogen-bond donors (Lipinski definition) is 2. The number of carbonyl (C=O) groups is 2. The van der Waals surface area contributed by atoms with Crippen LogP contribution < -0.4 is 0 Å². The Bertz CT molecular complexity index is 1240. The van der Waals surface area contributed by atoms with Gasteiger partial charge in [-0.25, -0.2) is 13.2 Å². The Balaban J connectivity index is 2.45. The van der Waals surface area contributed by atoms with Crippen LogP contribution in [0.15, 0.2) is 30.3 Å². The summed E-state index contributed by atoms with van der Waals surface area (Å²) in [4.78, 5) is 25.7. The Labute approximate surface area is 176 Å². The van der Waals surface area contributed by atoms with Gasteiger partial charge in [0.25, 0.3) is 5.91 Å². The number of halogens is 3. The number of fused-ring (bicyclic) bond motifs is 1. The van der Waals surface area contributed by atoms with Gasteiger partial charge in [0.2, 0.25) is 0 Å². The summed E-state index contributed by atoms with van der Waals surface area (Å²) in [5.41, 5.74) is -2.18. The number of phenolic OH excluding ortho intramolecular Hbond substituents is 1. The first-order valence-corrected chi connectivity index (χ1v) is 9.49. The highest BCUT2D eigenvalue weighted by Gasteiger charge is 2.49. The van der Waals surface area contributed by atoms with E-state index in [-0.39, 0.29) is 27.7 Å². The third-order valence-electron chi connectivity index (χ3n) is 6.07. The zero-order valence-corrected chi connectivity index (χ0v) is 17.7. The number of phenols is 1. The first kappa shape index (κ1) is 22.4. The summed E-state index contributed by atoms with van der Waals surface area (Å²) in [6.45, 7) is 8.12. The minimum Gasteiger partial charge on any atom is -0.505 e. The summed E-state index contributed by atoms with van der Waals surface area (Å²) in [5.74, 6) is -6.04. The quantitative estimate of drug-likeness (QED) is 0.599. The van der Waals surface area contributed by atoms with Crippen LogP contribution >= 0.6 is 0 Å². The van der Waals surface area contributed by atoms with Crippen LogP contribution in [-0.2, 0) is 10.2 Å². The van der Waals surface area contributed by atoms with E-state index in [9.17, 15) is 33.0 Å². The van der Waals surface area contributed by atoms with Crippen LogP contribution in [0.5, 0.6) is 5.75 Å². The first-order valence-electron chi connectivity index (χ1n) is 9.49. The van der Waals surface area contributed by atoms with Gasteiger partial charge in [-0.15, -0.1) is 0 Å². The normalized spacial score (nSPS) is 13.9. The van der Waals surface area contributed by atoms with Crippen LogP contribution in [0.1, 0.15) is 49.3 Å². The summed E-state index contributed by atoms with van der Waals surface area (Å²) in [6.07, 6.45) is 0. The predicted molar refractivity (Wildman–Crippen MR) is 109 cm³/mol. The summed E-state index contributed by atoms with van der Waals surface area (Å²) < 4.78 is 42.4. The average molecular weight is 433 g/mol. The van der Waals surface area contributed by atoms with Gasteiger partial charge in [-0.1, -0.05) is 20.8 Å². The van der Waals surface area contributed by atoms with E-state index in [1.807, 2.05) is 0 Å². The highest BCUT2D eigenvalue weighted by atomic mass is 19.2. The van der Waals surface area contributed by atoms with Gasteiger partial charge >= 0.3 is 5.97 Å². The maximum Gasteiger partial charge on any atom is 0.314 e. The molecule has 1 atom stereocenters. The number of aromatic hydroxyl groups is 1. The van der Waals surface area contributed by atoms with E-state index in [0.29, 0.717) is 0 Å². The SMILES string of the molecule is Cc1c([C@](C)(C(=O)O)C(C)(C)C)c2cc(O)c(F)cc2n1C(=O)c1ccc(F)c(F)c1. The molecule has 5 nitrogen and oxygen atoms in total. The smallest absolute Gasteiger partial charge is 0.314 e. The van der Waals surface area contributed by atoms with Crippen LogP contribution in [0.4, 0.5) is 13.2 Å². The van der Waals surface area contributed by atoms with Crippen molar-refractivity contribution in [2.75, 3.05) is 0 Å². The molecule has 0 amide bonds. The van der Waals surface area contributed by atoms with E-state index < -0.39 is 45.9 Å².